The summed E-state index contributed by atoms with van der Waals surface area (Å²) in [6, 6.07) is 8.69. The summed E-state index contributed by atoms with van der Waals surface area (Å²) in [4.78, 5) is 1.44. The second kappa shape index (κ2) is 8.06. The number of thiocarbonyl (C=S) groups is 1. The summed E-state index contributed by atoms with van der Waals surface area (Å²) in [7, 11) is 4.32. The highest BCUT2D eigenvalue weighted by Gasteiger charge is 1.99. The minimum absolute atomic E-state index is 0.735. The summed E-state index contributed by atoms with van der Waals surface area (Å²) in [6.45, 7) is 4.90. The van der Waals surface area contributed by atoms with Crippen LogP contribution in [0.1, 0.15) is 24.5 Å². The molecule has 0 radical (unpaired) electrons. The van der Waals surface area contributed by atoms with Crippen molar-refractivity contribution in [3.8, 4) is 0 Å². The molecule has 0 unspecified atom stereocenters. The van der Waals surface area contributed by atoms with Gasteiger partial charge in [-0.2, -0.15) is 0 Å². The highest BCUT2D eigenvalue weighted by atomic mass is 32.1. The van der Waals surface area contributed by atoms with Crippen molar-refractivity contribution >= 4 is 17.3 Å². The first-order valence-corrected chi connectivity index (χ1v) is 6.91. The molecule has 1 rings (SSSR count). The molecular formula is C14H24N3S+. The van der Waals surface area contributed by atoms with Crippen molar-refractivity contribution in [2.75, 3.05) is 20.6 Å². The van der Waals surface area contributed by atoms with Crippen LogP contribution in [0.5, 0.6) is 0 Å². The van der Waals surface area contributed by atoms with Crippen LogP contribution in [0.4, 0.5) is 0 Å². The van der Waals surface area contributed by atoms with Crippen LogP contribution in [-0.4, -0.2) is 25.8 Å². The predicted molar refractivity (Wildman–Crippen MR) is 80.7 cm³/mol. The Hall–Kier alpha value is -1.13. The molecular weight excluding hydrogens is 242 g/mol. The van der Waals surface area contributed by atoms with Gasteiger partial charge in [0.25, 0.3) is 0 Å². The molecule has 0 heterocycles. The van der Waals surface area contributed by atoms with E-state index in [9.17, 15) is 0 Å². The zero-order valence-corrected chi connectivity index (χ0v) is 12.4. The average Bonchev–Trinajstić information content (AvgIpc) is 2.35. The minimum atomic E-state index is 0.735. The van der Waals surface area contributed by atoms with E-state index in [0.29, 0.717) is 0 Å². The summed E-state index contributed by atoms with van der Waals surface area (Å²) in [5.41, 5.74) is 2.62. The minimum Gasteiger partial charge on any atom is -0.363 e. The van der Waals surface area contributed by atoms with Crippen molar-refractivity contribution in [1.82, 2.24) is 10.6 Å². The van der Waals surface area contributed by atoms with Crippen LogP contribution in [0.2, 0.25) is 0 Å². The van der Waals surface area contributed by atoms with Crippen LogP contribution >= 0.6 is 12.2 Å². The zero-order valence-electron chi connectivity index (χ0n) is 11.5. The van der Waals surface area contributed by atoms with E-state index in [0.717, 1.165) is 31.2 Å². The van der Waals surface area contributed by atoms with Gasteiger partial charge in [0, 0.05) is 18.7 Å². The second-order valence-electron chi connectivity index (χ2n) is 4.81. The van der Waals surface area contributed by atoms with Gasteiger partial charge in [0.1, 0.15) is 6.54 Å². The van der Waals surface area contributed by atoms with E-state index in [4.69, 9.17) is 12.2 Å². The SMILES string of the molecule is CCCNC(=S)NCc1ccc(C[NH+](C)C)cc1. The number of nitrogens with one attached hydrogen (secondary N) is 3. The van der Waals surface area contributed by atoms with Gasteiger partial charge in [0.15, 0.2) is 5.11 Å². The van der Waals surface area contributed by atoms with Crippen molar-refractivity contribution in [1.29, 1.82) is 0 Å². The van der Waals surface area contributed by atoms with Crippen LogP contribution < -0.4 is 15.5 Å². The lowest BCUT2D eigenvalue weighted by atomic mass is 10.1. The maximum absolute atomic E-state index is 5.18. The molecule has 0 aliphatic heterocycles. The van der Waals surface area contributed by atoms with E-state index in [1.54, 1.807) is 0 Å². The van der Waals surface area contributed by atoms with Crippen LogP contribution in [0.25, 0.3) is 0 Å². The molecule has 1 aromatic carbocycles. The Morgan fingerprint density at radius 1 is 1.11 bits per heavy atom. The molecule has 100 valence electrons. The number of rotatable bonds is 6. The van der Waals surface area contributed by atoms with Crippen molar-refractivity contribution in [3.05, 3.63) is 35.4 Å². The first-order valence-electron chi connectivity index (χ1n) is 6.50. The van der Waals surface area contributed by atoms with E-state index in [1.807, 2.05) is 0 Å². The molecule has 0 saturated heterocycles. The lowest BCUT2D eigenvalue weighted by Crippen LogP contribution is -3.04. The lowest BCUT2D eigenvalue weighted by Gasteiger charge is -2.11. The Labute approximate surface area is 116 Å². The fourth-order valence-corrected chi connectivity index (χ4v) is 1.84. The Balaban J connectivity index is 2.37. The number of hydrogen-bond acceptors (Lipinski definition) is 1. The van der Waals surface area contributed by atoms with E-state index >= 15 is 0 Å². The Morgan fingerprint density at radius 2 is 1.72 bits per heavy atom. The highest BCUT2D eigenvalue weighted by molar-refractivity contribution is 7.80. The molecule has 3 nitrogen and oxygen atoms in total. The number of hydrogen-bond donors (Lipinski definition) is 3. The van der Waals surface area contributed by atoms with Gasteiger partial charge in [-0.1, -0.05) is 31.2 Å². The van der Waals surface area contributed by atoms with Crippen molar-refractivity contribution in [3.63, 3.8) is 0 Å². The zero-order chi connectivity index (χ0) is 13.4. The molecule has 0 fully saturated rings. The van der Waals surface area contributed by atoms with Gasteiger partial charge in [0.05, 0.1) is 14.1 Å². The monoisotopic (exact) mass is 266 g/mol. The Morgan fingerprint density at radius 3 is 2.28 bits per heavy atom. The number of benzene rings is 1. The summed E-state index contributed by atoms with van der Waals surface area (Å²) >= 11 is 5.18. The van der Waals surface area contributed by atoms with Gasteiger partial charge in [-0.15, -0.1) is 0 Å². The summed E-state index contributed by atoms with van der Waals surface area (Å²) in [5.74, 6) is 0. The Bertz CT molecular complexity index is 360. The third-order valence-electron chi connectivity index (χ3n) is 2.57. The second-order valence-corrected chi connectivity index (χ2v) is 5.22. The van der Waals surface area contributed by atoms with Crippen molar-refractivity contribution in [2.45, 2.75) is 26.4 Å². The highest BCUT2D eigenvalue weighted by Crippen LogP contribution is 2.03. The molecule has 0 aliphatic rings. The fourth-order valence-electron chi connectivity index (χ4n) is 1.67. The summed E-state index contributed by atoms with van der Waals surface area (Å²) < 4.78 is 0. The molecule has 18 heavy (non-hydrogen) atoms. The van der Waals surface area contributed by atoms with E-state index in [2.05, 4.69) is 55.9 Å². The molecule has 0 aromatic heterocycles. The summed E-state index contributed by atoms with van der Waals surface area (Å²) in [5, 5.41) is 7.10. The first kappa shape index (κ1) is 14.9. The quantitative estimate of drug-likeness (QED) is 0.662. The standard InChI is InChI=1S/C14H23N3S/c1-4-9-15-14(18)16-10-12-5-7-13(8-6-12)11-17(2)3/h5-8H,4,9-11H2,1-3H3,(H2,15,16,18)/p+1. The molecule has 0 bridgehead atoms. The van der Waals surface area contributed by atoms with Gasteiger partial charge >= 0.3 is 0 Å². The van der Waals surface area contributed by atoms with Crippen molar-refractivity contribution in [2.24, 2.45) is 0 Å². The molecule has 4 heteroatoms. The topological polar surface area (TPSA) is 28.5 Å². The van der Waals surface area contributed by atoms with Crippen LogP contribution in [0.3, 0.4) is 0 Å². The molecule has 0 spiro atoms. The normalized spacial score (nSPS) is 10.4. The number of quaternary nitrogens is 1. The van der Waals surface area contributed by atoms with E-state index in [-0.39, 0.29) is 0 Å². The maximum atomic E-state index is 5.18. The smallest absolute Gasteiger partial charge is 0.166 e. The molecule has 0 aliphatic carbocycles. The lowest BCUT2D eigenvalue weighted by molar-refractivity contribution is -0.872. The van der Waals surface area contributed by atoms with Gasteiger partial charge in [0.2, 0.25) is 0 Å². The molecule has 1 aromatic rings. The van der Waals surface area contributed by atoms with Gasteiger partial charge in [-0.3, -0.25) is 0 Å². The fraction of sp³-hybridized carbons (Fsp3) is 0.500. The van der Waals surface area contributed by atoms with Crippen LogP contribution in [-0.2, 0) is 13.1 Å². The third-order valence-corrected chi connectivity index (χ3v) is 2.86. The summed E-state index contributed by atoms with van der Waals surface area (Å²) in [6.07, 6.45) is 1.09. The largest absolute Gasteiger partial charge is 0.363 e. The van der Waals surface area contributed by atoms with Gasteiger partial charge in [-0.25, -0.2) is 0 Å². The van der Waals surface area contributed by atoms with E-state index < -0.39 is 0 Å². The predicted octanol–water partition coefficient (Wildman–Crippen LogP) is 0.705. The maximum Gasteiger partial charge on any atom is 0.166 e. The van der Waals surface area contributed by atoms with Gasteiger partial charge in [-0.05, 0) is 24.2 Å². The average molecular weight is 266 g/mol. The first-order chi connectivity index (χ1) is 8.61. The van der Waals surface area contributed by atoms with Gasteiger partial charge < -0.3 is 15.5 Å². The molecule has 0 amide bonds. The van der Waals surface area contributed by atoms with Crippen molar-refractivity contribution < 1.29 is 4.90 Å². The molecule has 0 atom stereocenters. The van der Waals surface area contributed by atoms with E-state index in [1.165, 1.54) is 16.0 Å². The van der Waals surface area contributed by atoms with Crippen LogP contribution in [0, 0.1) is 0 Å². The molecule has 0 saturated carbocycles. The third kappa shape index (κ3) is 5.98. The molecule has 3 N–H and O–H groups in total. The van der Waals surface area contributed by atoms with Crippen LogP contribution in [0.15, 0.2) is 24.3 Å². The Kier molecular flexibility index (Phi) is 6.68.